The maximum atomic E-state index is 13.3. The first-order chi connectivity index (χ1) is 8.88. The third kappa shape index (κ3) is 1.99. The number of benzene rings is 1. The van der Waals surface area contributed by atoms with Crippen molar-refractivity contribution in [1.29, 1.82) is 0 Å². The second-order valence-electron chi connectivity index (χ2n) is 5.71. The van der Waals surface area contributed by atoms with E-state index in [4.69, 9.17) is 10.3 Å². The van der Waals surface area contributed by atoms with Crippen LogP contribution in [0.2, 0.25) is 0 Å². The highest BCUT2D eigenvalue weighted by atomic mass is 19.1. The first kappa shape index (κ1) is 12.1. The maximum Gasteiger partial charge on any atom is 0.230 e. The molecule has 0 saturated heterocycles. The lowest BCUT2D eigenvalue weighted by atomic mass is 9.99. The molecule has 100 valence electrons. The lowest BCUT2D eigenvalue weighted by Gasteiger charge is -2.05. The van der Waals surface area contributed by atoms with Crippen LogP contribution in [0.15, 0.2) is 22.7 Å². The van der Waals surface area contributed by atoms with Crippen LogP contribution in [0.25, 0.3) is 11.1 Å². The van der Waals surface area contributed by atoms with Crippen molar-refractivity contribution in [2.24, 2.45) is 5.41 Å². The summed E-state index contributed by atoms with van der Waals surface area (Å²) >= 11 is 0. The summed E-state index contributed by atoms with van der Waals surface area (Å²) in [7, 11) is 0. The number of nitrogens with zero attached hydrogens (tertiary/aromatic N) is 1. The van der Waals surface area contributed by atoms with Gasteiger partial charge < -0.3 is 10.3 Å². The normalized spacial score (nSPS) is 20.5. The molecule has 3 nitrogen and oxygen atoms in total. The largest absolute Gasteiger partial charge is 0.367 e. The predicted octanol–water partition coefficient (Wildman–Crippen LogP) is 3.72. The Labute approximate surface area is 109 Å². The number of nitrogens with two attached hydrogens (primary N) is 1. The van der Waals surface area contributed by atoms with E-state index in [1.807, 2.05) is 0 Å². The summed E-state index contributed by atoms with van der Waals surface area (Å²) in [6.07, 6.45) is 0.962. The lowest BCUT2D eigenvalue weighted by Crippen LogP contribution is -1.95. The summed E-state index contributed by atoms with van der Waals surface area (Å²) in [5.74, 6) is -0.967. The molecule has 1 unspecified atom stereocenters. The lowest BCUT2D eigenvalue weighted by molar-refractivity contribution is 0.424. The van der Waals surface area contributed by atoms with Crippen molar-refractivity contribution in [3.8, 4) is 11.1 Å². The molecule has 0 bridgehead atoms. The third-order valence-corrected chi connectivity index (χ3v) is 3.74. The zero-order valence-electron chi connectivity index (χ0n) is 10.7. The molecule has 2 aromatic rings. The van der Waals surface area contributed by atoms with E-state index in [0.717, 1.165) is 12.5 Å². The van der Waals surface area contributed by atoms with Gasteiger partial charge in [-0.15, -0.1) is 0 Å². The highest BCUT2D eigenvalue weighted by molar-refractivity contribution is 5.76. The molecule has 1 aliphatic carbocycles. The molecule has 0 amide bonds. The number of nitrogen functional groups attached to an aromatic ring is 1. The molecule has 0 spiro atoms. The monoisotopic (exact) mass is 264 g/mol. The Balaban J connectivity index is 2.12. The van der Waals surface area contributed by atoms with Crippen LogP contribution < -0.4 is 5.73 Å². The van der Waals surface area contributed by atoms with Gasteiger partial charge in [-0.05, 0) is 29.5 Å². The zero-order chi connectivity index (χ0) is 13.8. The van der Waals surface area contributed by atoms with Gasteiger partial charge in [0.15, 0.2) is 0 Å². The summed E-state index contributed by atoms with van der Waals surface area (Å²) in [4.78, 5) is 0. The first-order valence-corrected chi connectivity index (χ1v) is 6.10. The van der Waals surface area contributed by atoms with E-state index in [2.05, 4.69) is 19.0 Å². The molecule has 1 aromatic carbocycles. The van der Waals surface area contributed by atoms with E-state index < -0.39 is 11.6 Å². The molecule has 0 aliphatic heterocycles. The molecule has 3 rings (SSSR count). The van der Waals surface area contributed by atoms with Crippen LogP contribution >= 0.6 is 0 Å². The number of halogens is 2. The van der Waals surface area contributed by atoms with Gasteiger partial charge in [-0.25, -0.2) is 8.78 Å². The number of rotatable bonds is 2. The van der Waals surface area contributed by atoms with Gasteiger partial charge in [0.2, 0.25) is 5.88 Å². The molecule has 1 fully saturated rings. The number of aromatic nitrogens is 1. The fourth-order valence-electron chi connectivity index (χ4n) is 2.48. The topological polar surface area (TPSA) is 52.0 Å². The Kier molecular flexibility index (Phi) is 2.42. The minimum Gasteiger partial charge on any atom is -0.367 e. The van der Waals surface area contributed by atoms with Gasteiger partial charge in [0.25, 0.3) is 0 Å². The van der Waals surface area contributed by atoms with E-state index in [1.165, 1.54) is 12.1 Å². The van der Waals surface area contributed by atoms with Crippen molar-refractivity contribution >= 4 is 5.88 Å². The van der Waals surface area contributed by atoms with E-state index in [9.17, 15) is 8.78 Å². The van der Waals surface area contributed by atoms with E-state index in [-0.39, 0.29) is 17.2 Å². The van der Waals surface area contributed by atoms with Gasteiger partial charge in [0.1, 0.15) is 11.6 Å². The summed E-state index contributed by atoms with van der Waals surface area (Å²) in [6, 6.07) is 3.31. The van der Waals surface area contributed by atoms with Crippen LogP contribution in [0.5, 0.6) is 0 Å². The van der Waals surface area contributed by atoms with Crippen LogP contribution in [-0.2, 0) is 0 Å². The molecule has 1 atom stereocenters. The Bertz CT molecular complexity index is 629. The van der Waals surface area contributed by atoms with Crippen molar-refractivity contribution in [3.63, 3.8) is 0 Å². The van der Waals surface area contributed by atoms with Crippen LogP contribution in [0.3, 0.4) is 0 Å². The molecule has 1 saturated carbocycles. The third-order valence-electron chi connectivity index (χ3n) is 3.74. The van der Waals surface area contributed by atoms with Crippen molar-refractivity contribution in [2.75, 3.05) is 5.73 Å². The molecule has 2 N–H and O–H groups in total. The Morgan fingerprint density at radius 2 is 1.84 bits per heavy atom. The van der Waals surface area contributed by atoms with Crippen molar-refractivity contribution in [3.05, 3.63) is 35.5 Å². The van der Waals surface area contributed by atoms with E-state index in [0.29, 0.717) is 16.8 Å². The highest BCUT2D eigenvalue weighted by Crippen LogP contribution is 2.60. The second-order valence-corrected chi connectivity index (χ2v) is 5.71. The standard InChI is InChI=1S/C14H14F2N2O/c1-14(2)6-10(14)12-11(13(17)19-18-12)7-3-8(15)5-9(16)4-7/h3-5,10H,6,17H2,1-2H3. The van der Waals surface area contributed by atoms with Crippen LogP contribution in [0, 0.1) is 17.0 Å². The van der Waals surface area contributed by atoms with Crippen molar-refractivity contribution in [2.45, 2.75) is 26.2 Å². The Morgan fingerprint density at radius 3 is 2.37 bits per heavy atom. The highest BCUT2D eigenvalue weighted by Gasteiger charge is 2.49. The average Bonchev–Trinajstić information content (AvgIpc) is 2.76. The van der Waals surface area contributed by atoms with Gasteiger partial charge in [-0.3, -0.25) is 0 Å². The van der Waals surface area contributed by atoms with Crippen molar-refractivity contribution in [1.82, 2.24) is 5.16 Å². The van der Waals surface area contributed by atoms with Crippen LogP contribution in [-0.4, -0.2) is 5.16 Å². The molecule has 19 heavy (non-hydrogen) atoms. The molecule has 1 aromatic heterocycles. The first-order valence-electron chi connectivity index (χ1n) is 6.10. The van der Waals surface area contributed by atoms with E-state index in [1.54, 1.807) is 0 Å². The SMILES string of the molecule is CC1(C)CC1c1noc(N)c1-c1cc(F)cc(F)c1. The molecular weight excluding hydrogens is 250 g/mol. The number of anilines is 1. The number of hydrogen-bond donors (Lipinski definition) is 1. The maximum absolute atomic E-state index is 13.3. The van der Waals surface area contributed by atoms with Crippen molar-refractivity contribution < 1.29 is 13.3 Å². The van der Waals surface area contributed by atoms with Gasteiger partial charge in [-0.2, -0.15) is 0 Å². The second kappa shape index (κ2) is 3.79. The van der Waals surface area contributed by atoms with Gasteiger partial charge >= 0.3 is 0 Å². The Hall–Kier alpha value is -1.91. The summed E-state index contributed by atoms with van der Waals surface area (Å²) in [5, 5.41) is 3.96. The summed E-state index contributed by atoms with van der Waals surface area (Å²) in [6.45, 7) is 4.22. The van der Waals surface area contributed by atoms with Gasteiger partial charge in [0, 0.05) is 12.0 Å². The molecular formula is C14H14F2N2O. The fourth-order valence-corrected chi connectivity index (χ4v) is 2.48. The molecule has 0 radical (unpaired) electrons. The van der Waals surface area contributed by atoms with E-state index >= 15 is 0 Å². The average molecular weight is 264 g/mol. The molecule has 1 aliphatic rings. The number of hydrogen-bond acceptors (Lipinski definition) is 3. The fraction of sp³-hybridized carbons (Fsp3) is 0.357. The Morgan fingerprint density at radius 1 is 1.26 bits per heavy atom. The van der Waals surface area contributed by atoms with Gasteiger partial charge in [-0.1, -0.05) is 19.0 Å². The zero-order valence-corrected chi connectivity index (χ0v) is 10.7. The smallest absolute Gasteiger partial charge is 0.230 e. The summed E-state index contributed by atoms with van der Waals surface area (Å²) in [5.41, 5.74) is 7.45. The molecule has 5 heteroatoms. The summed E-state index contributed by atoms with van der Waals surface area (Å²) < 4.78 is 31.6. The quantitative estimate of drug-likeness (QED) is 0.899. The van der Waals surface area contributed by atoms with Crippen LogP contribution in [0.1, 0.15) is 31.9 Å². The predicted molar refractivity (Wildman–Crippen MR) is 67.4 cm³/mol. The van der Waals surface area contributed by atoms with Crippen LogP contribution in [0.4, 0.5) is 14.7 Å². The molecule has 1 heterocycles. The van der Waals surface area contributed by atoms with Gasteiger partial charge in [0.05, 0.1) is 11.3 Å². The minimum atomic E-state index is -0.642. The minimum absolute atomic E-state index is 0.0997.